The molecule has 0 spiro atoms. The molecule has 2 rings (SSSR count). The maximum atomic E-state index is 12.4. The number of thioether (sulfide) groups is 1. The molecule has 3 N–H and O–H groups in total. The molecular weight excluding hydrogens is 276 g/mol. The van der Waals surface area contributed by atoms with E-state index in [1.165, 1.54) is 4.90 Å². The van der Waals surface area contributed by atoms with Gasteiger partial charge in [0.1, 0.15) is 5.92 Å². The van der Waals surface area contributed by atoms with Gasteiger partial charge < -0.3 is 15.7 Å². The van der Waals surface area contributed by atoms with Crippen molar-refractivity contribution in [2.45, 2.75) is 18.4 Å². The molecule has 1 aliphatic heterocycles. The zero-order chi connectivity index (χ0) is 14.7. The van der Waals surface area contributed by atoms with Gasteiger partial charge in [0.15, 0.2) is 0 Å². The molecule has 108 valence electrons. The fourth-order valence-electron chi connectivity index (χ4n) is 2.40. The highest BCUT2D eigenvalue weighted by Gasteiger charge is 2.37. The Morgan fingerprint density at radius 2 is 2.20 bits per heavy atom. The van der Waals surface area contributed by atoms with E-state index < -0.39 is 17.9 Å². The summed E-state index contributed by atoms with van der Waals surface area (Å²) in [6.07, 6.45) is 2.55. The van der Waals surface area contributed by atoms with E-state index in [0.29, 0.717) is 17.7 Å². The molecule has 5 nitrogen and oxygen atoms in total. The molecule has 1 aromatic carbocycles. The fraction of sp³-hybridized carbons (Fsp3) is 0.429. The number of benzene rings is 1. The van der Waals surface area contributed by atoms with Gasteiger partial charge in [0.05, 0.1) is 6.04 Å². The average Bonchev–Trinajstić information content (AvgIpc) is 2.83. The molecule has 0 bridgehead atoms. The summed E-state index contributed by atoms with van der Waals surface area (Å²) in [4.78, 5) is 25.2. The SMILES string of the molecule is CSCC[C@H](N)C(=O)N1CC(C(=O)O)c2ccccc21. The Bertz CT molecular complexity index is 521. The van der Waals surface area contributed by atoms with Crippen LogP contribution in [0, 0.1) is 0 Å². The third-order valence-electron chi connectivity index (χ3n) is 3.48. The highest BCUT2D eigenvalue weighted by molar-refractivity contribution is 7.98. The number of nitrogens with two attached hydrogens (primary N) is 1. The summed E-state index contributed by atoms with van der Waals surface area (Å²) in [5, 5.41) is 9.27. The van der Waals surface area contributed by atoms with Crippen LogP contribution >= 0.6 is 11.8 Å². The largest absolute Gasteiger partial charge is 0.481 e. The normalized spacial score (nSPS) is 18.7. The Kier molecular flexibility index (Phi) is 4.67. The number of hydrogen-bond acceptors (Lipinski definition) is 4. The van der Waals surface area contributed by atoms with Gasteiger partial charge in [0, 0.05) is 12.2 Å². The summed E-state index contributed by atoms with van der Waals surface area (Å²) in [6.45, 7) is 0.167. The number of anilines is 1. The van der Waals surface area contributed by atoms with Crippen LogP contribution in [-0.4, -0.2) is 41.6 Å². The molecule has 1 amide bonds. The second-order valence-electron chi connectivity index (χ2n) is 4.79. The lowest BCUT2D eigenvalue weighted by atomic mass is 10.0. The molecular formula is C14H18N2O3S. The van der Waals surface area contributed by atoms with Crippen molar-refractivity contribution in [3.8, 4) is 0 Å². The van der Waals surface area contributed by atoms with Crippen LogP contribution in [0.5, 0.6) is 0 Å². The Morgan fingerprint density at radius 1 is 1.50 bits per heavy atom. The lowest BCUT2D eigenvalue weighted by Crippen LogP contribution is -2.44. The Labute approximate surface area is 122 Å². The quantitative estimate of drug-likeness (QED) is 0.854. The minimum Gasteiger partial charge on any atom is -0.481 e. The van der Waals surface area contributed by atoms with Gasteiger partial charge in [-0.15, -0.1) is 0 Å². The first-order chi connectivity index (χ1) is 9.56. The van der Waals surface area contributed by atoms with Crippen molar-refractivity contribution >= 4 is 29.3 Å². The number of amides is 1. The summed E-state index contributed by atoms with van der Waals surface area (Å²) in [5.74, 6) is -0.964. The van der Waals surface area contributed by atoms with Gasteiger partial charge in [-0.3, -0.25) is 9.59 Å². The summed E-state index contributed by atoms with van der Waals surface area (Å²) in [5.41, 5.74) is 7.27. The number of carboxylic acids is 1. The average molecular weight is 294 g/mol. The molecule has 0 saturated carbocycles. The number of carbonyl (C=O) groups excluding carboxylic acids is 1. The van der Waals surface area contributed by atoms with Gasteiger partial charge >= 0.3 is 5.97 Å². The zero-order valence-electron chi connectivity index (χ0n) is 11.3. The van der Waals surface area contributed by atoms with E-state index in [9.17, 15) is 14.7 Å². The molecule has 0 aromatic heterocycles. The van der Waals surface area contributed by atoms with E-state index in [1.54, 1.807) is 36.0 Å². The lowest BCUT2D eigenvalue weighted by Gasteiger charge is -2.21. The van der Waals surface area contributed by atoms with Crippen molar-refractivity contribution in [2.75, 3.05) is 23.5 Å². The van der Waals surface area contributed by atoms with E-state index in [1.807, 2.05) is 6.26 Å². The molecule has 2 atom stereocenters. The van der Waals surface area contributed by atoms with Crippen LogP contribution < -0.4 is 10.6 Å². The number of para-hydroxylation sites is 1. The number of carboxylic acid groups (broad SMARTS) is 1. The minimum absolute atomic E-state index is 0.167. The summed E-state index contributed by atoms with van der Waals surface area (Å²) in [6, 6.07) is 6.54. The third kappa shape index (κ3) is 2.81. The number of rotatable bonds is 5. The smallest absolute Gasteiger partial charge is 0.312 e. The van der Waals surface area contributed by atoms with Gasteiger partial charge in [-0.25, -0.2) is 0 Å². The molecule has 20 heavy (non-hydrogen) atoms. The van der Waals surface area contributed by atoms with Crippen molar-refractivity contribution in [1.82, 2.24) is 0 Å². The third-order valence-corrected chi connectivity index (χ3v) is 4.13. The summed E-state index contributed by atoms with van der Waals surface area (Å²) in [7, 11) is 0. The van der Waals surface area contributed by atoms with E-state index in [2.05, 4.69) is 0 Å². The number of carbonyl (C=O) groups is 2. The van der Waals surface area contributed by atoms with Crippen LogP contribution in [0.4, 0.5) is 5.69 Å². The lowest BCUT2D eigenvalue weighted by molar-refractivity contribution is -0.138. The van der Waals surface area contributed by atoms with E-state index in [-0.39, 0.29) is 12.5 Å². The Hall–Kier alpha value is -1.53. The van der Waals surface area contributed by atoms with Crippen LogP contribution in [-0.2, 0) is 9.59 Å². The topological polar surface area (TPSA) is 83.6 Å². The fourth-order valence-corrected chi connectivity index (χ4v) is 2.89. The first-order valence-corrected chi connectivity index (χ1v) is 7.83. The van der Waals surface area contributed by atoms with E-state index in [4.69, 9.17) is 5.73 Å². The first kappa shape index (κ1) is 14.9. The maximum Gasteiger partial charge on any atom is 0.312 e. The number of aliphatic carboxylic acids is 1. The van der Waals surface area contributed by atoms with Gasteiger partial charge in [-0.05, 0) is 30.1 Å². The van der Waals surface area contributed by atoms with E-state index in [0.717, 1.165) is 5.75 Å². The number of fused-ring (bicyclic) bond motifs is 1. The monoisotopic (exact) mass is 294 g/mol. The van der Waals surface area contributed by atoms with Crippen LogP contribution in [0.2, 0.25) is 0 Å². The Balaban J connectivity index is 2.22. The second-order valence-corrected chi connectivity index (χ2v) is 5.77. The molecule has 0 saturated heterocycles. The highest BCUT2D eigenvalue weighted by atomic mass is 32.2. The number of nitrogens with zero attached hydrogens (tertiary/aromatic N) is 1. The standard InChI is InChI=1S/C14H18N2O3S/c1-20-7-6-11(15)13(17)16-8-10(14(18)19)9-4-2-3-5-12(9)16/h2-5,10-11H,6-8,15H2,1H3,(H,18,19)/t10?,11-/m0/s1. The minimum atomic E-state index is -0.912. The van der Waals surface area contributed by atoms with Crippen molar-refractivity contribution < 1.29 is 14.7 Å². The van der Waals surface area contributed by atoms with Crippen molar-refractivity contribution in [3.63, 3.8) is 0 Å². The van der Waals surface area contributed by atoms with Gasteiger partial charge in [0.2, 0.25) is 5.91 Å². The second kappa shape index (κ2) is 6.28. The molecule has 0 fully saturated rings. The van der Waals surface area contributed by atoms with Gasteiger partial charge in [-0.2, -0.15) is 11.8 Å². The highest BCUT2D eigenvalue weighted by Crippen LogP contribution is 2.36. The first-order valence-electron chi connectivity index (χ1n) is 6.44. The van der Waals surface area contributed by atoms with Crippen LogP contribution in [0.3, 0.4) is 0 Å². The van der Waals surface area contributed by atoms with Gasteiger partial charge in [-0.1, -0.05) is 18.2 Å². The maximum absolute atomic E-state index is 12.4. The molecule has 0 aliphatic carbocycles. The summed E-state index contributed by atoms with van der Waals surface area (Å²) < 4.78 is 0. The summed E-state index contributed by atoms with van der Waals surface area (Å²) >= 11 is 1.64. The predicted molar refractivity (Wildman–Crippen MR) is 80.1 cm³/mol. The van der Waals surface area contributed by atoms with Gasteiger partial charge in [0.25, 0.3) is 0 Å². The molecule has 1 aliphatic rings. The van der Waals surface area contributed by atoms with Crippen molar-refractivity contribution in [3.05, 3.63) is 29.8 Å². The van der Waals surface area contributed by atoms with E-state index >= 15 is 0 Å². The molecule has 0 radical (unpaired) electrons. The number of hydrogen-bond donors (Lipinski definition) is 2. The molecule has 1 aromatic rings. The molecule has 6 heteroatoms. The predicted octanol–water partition coefficient (Wildman–Crippen LogP) is 1.28. The van der Waals surface area contributed by atoms with Crippen LogP contribution in [0.15, 0.2) is 24.3 Å². The van der Waals surface area contributed by atoms with Crippen LogP contribution in [0.1, 0.15) is 17.9 Å². The zero-order valence-corrected chi connectivity index (χ0v) is 12.1. The van der Waals surface area contributed by atoms with Crippen molar-refractivity contribution in [1.29, 1.82) is 0 Å². The Morgan fingerprint density at radius 3 is 2.85 bits per heavy atom. The van der Waals surface area contributed by atoms with Crippen molar-refractivity contribution in [2.24, 2.45) is 5.73 Å². The molecule has 1 unspecified atom stereocenters. The molecule has 1 heterocycles. The van der Waals surface area contributed by atoms with Crippen LogP contribution in [0.25, 0.3) is 0 Å².